The summed E-state index contributed by atoms with van der Waals surface area (Å²) in [4.78, 5) is 0. The average Bonchev–Trinajstić information content (AvgIpc) is 3.07. The monoisotopic (exact) mass is 411 g/mol. The van der Waals surface area contributed by atoms with Crippen LogP contribution in [0.15, 0.2) is 71.1 Å². The number of alkyl halides is 3. The molecule has 0 bridgehead atoms. The summed E-state index contributed by atoms with van der Waals surface area (Å²) >= 11 is 0. The predicted octanol–water partition coefficient (Wildman–Crippen LogP) is 6.65. The normalized spacial score (nSPS) is 11.7. The van der Waals surface area contributed by atoms with E-state index in [4.69, 9.17) is 4.42 Å². The number of rotatable bonds is 5. The summed E-state index contributed by atoms with van der Waals surface area (Å²) in [5, 5.41) is 15.8. The van der Waals surface area contributed by atoms with Crippen LogP contribution in [0.1, 0.15) is 16.9 Å². The zero-order valence-corrected chi connectivity index (χ0v) is 16.3. The minimum Gasteiger partial charge on any atom is -0.504 e. The van der Waals surface area contributed by atoms with Crippen molar-refractivity contribution in [1.82, 2.24) is 0 Å². The van der Waals surface area contributed by atoms with Crippen LogP contribution in [0.25, 0.3) is 21.9 Å². The molecule has 3 nitrogen and oxygen atoms in total. The Morgan fingerprint density at radius 1 is 0.933 bits per heavy atom. The van der Waals surface area contributed by atoms with E-state index in [1.807, 2.05) is 42.5 Å². The van der Waals surface area contributed by atoms with Gasteiger partial charge in [-0.25, -0.2) is 0 Å². The van der Waals surface area contributed by atoms with Crippen LogP contribution in [0, 0.1) is 0 Å². The summed E-state index contributed by atoms with van der Waals surface area (Å²) in [6, 6.07) is 18.9. The predicted molar refractivity (Wildman–Crippen MR) is 112 cm³/mol. The largest absolute Gasteiger partial charge is 0.504 e. The molecule has 0 saturated heterocycles. The Balaban J connectivity index is 1.67. The molecule has 30 heavy (non-hydrogen) atoms. The van der Waals surface area contributed by atoms with Gasteiger partial charge in [0.05, 0.1) is 11.1 Å². The van der Waals surface area contributed by atoms with E-state index in [9.17, 15) is 18.3 Å². The van der Waals surface area contributed by atoms with E-state index in [1.165, 1.54) is 12.1 Å². The Hall–Kier alpha value is -3.41. The van der Waals surface area contributed by atoms with Crippen LogP contribution in [0.5, 0.6) is 5.75 Å². The Bertz CT molecular complexity index is 1190. The molecule has 0 radical (unpaired) electrons. The fourth-order valence-electron chi connectivity index (χ4n) is 3.69. The number of hydrogen-bond acceptors (Lipinski definition) is 3. The average molecular weight is 411 g/mol. The molecule has 2 N–H and O–H groups in total. The zero-order valence-electron chi connectivity index (χ0n) is 16.3. The van der Waals surface area contributed by atoms with Crippen LogP contribution in [-0.2, 0) is 19.0 Å². The van der Waals surface area contributed by atoms with Crippen molar-refractivity contribution in [2.45, 2.75) is 19.0 Å². The number of halogens is 3. The SMILES string of the molecule is CNc1oc(CCc2cccc3ccccc23)c(O)c1-c1cccc(C(F)(F)F)c1. The van der Waals surface area contributed by atoms with E-state index >= 15 is 0 Å². The molecule has 3 aromatic carbocycles. The number of nitrogens with one attached hydrogen (secondary N) is 1. The summed E-state index contributed by atoms with van der Waals surface area (Å²) in [7, 11) is 1.60. The van der Waals surface area contributed by atoms with E-state index in [0.29, 0.717) is 18.6 Å². The summed E-state index contributed by atoms with van der Waals surface area (Å²) in [5.74, 6) is 0.429. The van der Waals surface area contributed by atoms with Gasteiger partial charge in [0.1, 0.15) is 5.76 Å². The minimum atomic E-state index is -4.47. The molecule has 0 spiro atoms. The number of anilines is 1. The highest BCUT2D eigenvalue weighted by Crippen LogP contribution is 2.43. The van der Waals surface area contributed by atoms with Gasteiger partial charge in [-0.15, -0.1) is 0 Å². The van der Waals surface area contributed by atoms with Crippen LogP contribution in [0.3, 0.4) is 0 Å². The van der Waals surface area contributed by atoms with Gasteiger partial charge >= 0.3 is 6.18 Å². The third-order valence-electron chi connectivity index (χ3n) is 5.16. The quantitative estimate of drug-likeness (QED) is 0.386. The Morgan fingerprint density at radius 2 is 1.67 bits per heavy atom. The highest BCUT2D eigenvalue weighted by atomic mass is 19.4. The number of fused-ring (bicyclic) bond motifs is 1. The summed E-state index contributed by atoms with van der Waals surface area (Å²) in [5.41, 5.74) is 0.804. The van der Waals surface area contributed by atoms with E-state index in [2.05, 4.69) is 5.32 Å². The molecule has 0 aliphatic carbocycles. The maximum absolute atomic E-state index is 13.1. The lowest BCUT2D eigenvalue weighted by atomic mass is 9.99. The Morgan fingerprint density at radius 3 is 2.43 bits per heavy atom. The van der Waals surface area contributed by atoms with Crippen LogP contribution in [0.2, 0.25) is 0 Å². The second-order valence-electron chi connectivity index (χ2n) is 7.04. The van der Waals surface area contributed by atoms with Crippen LogP contribution in [0.4, 0.5) is 19.1 Å². The lowest BCUT2D eigenvalue weighted by molar-refractivity contribution is -0.137. The molecule has 6 heteroatoms. The van der Waals surface area contributed by atoms with Crippen molar-refractivity contribution < 1.29 is 22.7 Å². The van der Waals surface area contributed by atoms with E-state index in [-0.39, 0.29) is 22.8 Å². The van der Waals surface area contributed by atoms with Crippen molar-refractivity contribution in [2.75, 3.05) is 12.4 Å². The van der Waals surface area contributed by atoms with Gasteiger partial charge in [0.25, 0.3) is 0 Å². The summed E-state index contributed by atoms with van der Waals surface area (Å²) in [6.07, 6.45) is -3.44. The number of aromatic hydroxyl groups is 1. The maximum Gasteiger partial charge on any atom is 0.416 e. The fourth-order valence-corrected chi connectivity index (χ4v) is 3.69. The number of furan rings is 1. The van der Waals surface area contributed by atoms with Crippen molar-refractivity contribution in [2.24, 2.45) is 0 Å². The first kappa shape index (κ1) is 19.9. The van der Waals surface area contributed by atoms with E-state index in [1.54, 1.807) is 7.05 Å². The van der Waals surface area contributed by atoms with Gasteiger partial charge in [-0.05, 0) is 40.5 Å². The molecular weight excluding hydrogens is 391 g/mol. The number of aryl methyl sites for hydroxylation is 2. The molecule has 0 fully saturated rings. The Labute approximate surface area is 171 Å². The van der Waals surface area contributed by atoms with Gasteiger partial charge < -0.3 is 14.8 Å². The molecule has 1 heterocycles. The molecule has 0 unspecified atom stereocenters. The molecule has 0 amide bonds. The standard InChI is InChI=1S/C24H20F3NO2/c1-28-23-21(17-9-5-10-18(14-17)24(25,26)27)22(29)20(30-23)13-12-16-8-4-7-15-6-2-3-11-19(15)16/h2-11,14,28-29H,12-13H2,1H3. The van der Waals surface area contributed by atoms with Gasteiger partial charge in [-0.1, -0.05) is 54.6 Å². The second-order valence-corrected chi connectivity index (χ2v) is 7.04. The summed E-state index contributed by atoms with van der Waals surface area (Å²) < 4.78 is 45.1. The third-order valence-corrected chi connectivity index (χ3v) is 5.16. The van der Waals surface area contributed by atoms with Gasteiger partial charge in [0, 0.05) is 13.5 Å². The zero-order chi connectivity index (χ0) is 21.3. The molecule has 0 aliphatic rings. The molecular formula is C24H20F3NO2. The lowest BCUT2D eigenvalue weighted by Gasteiger charge is -2.09. The lowest BCUT2D eigenvalue weighted by Crippen LogP contribution is -2.04. The molecule has 0 aliphatic heterocycles. The molecule has 154 valence electrons. The van der Waals surface area contributed by atoms with Crippen molar-refractivity contribution >= 4 is 16.7 Å². The van der Waals surface area contributed by atoms with Gasteiger partial charge in [-0.2, -0.15) is 13.2 Å². The first-order chi connectivity index (χ1) is 14.4. The van der Waals surface area contributed by atoms with E-state index in [0.717, 1.165) is 28.5 Å². The molecule has 4 aromatic rings. The van der Waals surface area contributed by atoms with Crippen LogP contribution in [-0.4, -0.2) is 12.2 Å². The Kier molecular flexibility index (Phi) is 5.16. The topological polar surface area (TPSA) is 45.4 Å². The first-order valence-electron chi connectivity index (χ1n) is 9.55. The van der Waals surface area contributed by atoms with Crippen molar-refractivity contribution in [3.8, 4) is 16.9 Å². The number of hydrogen-bond donors (Lipinski definition) is 2. The highest BCUT2D eigenvalue weighted by Gasteiger charge is 2.31. The van der Waals surface area contributed by atoms with Gasteiger partial charge in [0.2, 0.25) is 5.88 Å². The fraction of sp³-hybridized carbons (Fsp3) is 0.167. The van der Waals surface area contributed by atoms with Gasteiger partial charge in [0.15, 0.2) is 5.75 Å². The molecule has 1 aromatic heterocycles. The molecule has 0 saturated carbocycles. The summed E-state index contributed by atoms with van der Waals surface area (Å²) in [6.45, 7) is 0. The first-order valence-corrected chi connectivity index (χ1v) is 9.55. The molecule has 0 atom stereocenters. The third kappa shape index (κ3) is 3.73. The van der Waals surface area contributed by atoms with E-state index < -0.39 is 11.7 Å². The second kappa shape index (κ2) is 7.78. The smallest absolute Gasteiger partial charge is 0.416 e. The van der Waals surface area contributed by atoms with Crippen LogP contribution >= 0.6 is 0 Å². The highest BCUT2D eigenvalue weighted by molar-refractivity contribution is 5.86. The minimum absolute atomic E-state index is 0.140. The number of benzene rings is 3. The van der Waals surface area contributed by atoms with Crippen molar-refractivity contribution in [3.05, 3.63) is 83.6 Å². The van der Waals surface area contributed by atoms with Crippen molar-refractivity contribution in [3.63, 3.8) is 0 Å². The van der Waals surface area contributed by atoms with Gasteiger partial charge in [-0.3, -0.25) is 0 Å². The maximum atomic E-state index is 13.1. The van der Waals surface area contributed by atoms with Crippen molar-refractivity contribution in [1.29, 1.82) is 0 Å². The van der Waals surface area contributed by atoms with Crippen LogP contribution < -0.4 is 5.32 Å². The molecule has 4 rings (SSSR count).